The molecule has 0 saturated carbocycles. The first-order valence-corrected chi connectivity index (χ1v) is 4.81. The van der Waals surface area contributed by atoms with E-state index in [-0.39, 0.29) is 7.03 Å². The molecule has 0 bridgehead atoms. The minimum atomic E-state index is 0. The van der Waals surface area contributed by atoms with Crippen LogP contribution in [0, 0.1) is 0 Å². The first-order valence-electron chi connectivity index (χ1n) is 4.81. The van der Waals surface area contributed by atoms with Crippen LogP contribution in [0.2, 0.25) is 0 Å². The average molecular weight is 172 g/mol. The van der Waals surface area contributed by atoms with E-state index in [1.54, 1.807) is 0 Å². The summed E-state index contributed by atoms with van der Waals surface area (Å²) < 4.78 is 5.78. The summed E-state index contributed by atoms with van der Waals surface area (Å²) >= 11 is 0. The fraction of sp³-hybridized carbons (Fsp3) is 1.00. The highest BCUT2D eigenvalue weighted by Crippen LogP contribution is 2.27. The molecule has 72 valence electrons. The van der Waals surface area contributed by atoms with E-state index < -0.39 is 0 Å². The second-order valence-electron chi connectivity index (χ2n) is 4.21. The van der Waals surface area contributed by atoms with E-state index in [0.29, 0.717) is 6.04 Å². The lowest BCUT2D eigenvalue weighted by molar-refractivity contribution is -0.164. The molecular formula is C9H20N2O. The van der Waals surface area contributed by atoms with Crippen LogP contribution in [0.25, 0.3) is 0 Å². The van der Waals surface area contributed by atoms with Crippen LogP contribution >= 0.6 is 0 Å². The molecule has 0 aromatic rings. The molecule has 0 amide bonds. The summed E-state index contributed by atoms with van der Waals surface area (Å²) in [4.78, 5) is 2.45. The highest BCUT2D eigenvalue weighted by Gasteiger charge is 2.45. The van der Waals surface area contributed by atoms with Gasteiger partial charge in [-0.1, -0.05) is 0 Å². The molecule has 0 aliphatic carbocycles. The Hall–Kier alpha value is -0.120. The van der Waals surface area contributed by atoms with E-state index >= 15 is 0 Å². The van der Waals surface area contributed by atoms with Crippen LogP contribution in [0.1, 0.15) is 15.3 Å². The van der Waals surface area contributed by atoms with Crippen molar-refractivity contribution in [2.45, 2.75) is 25.5 Å². The summed E-state index contributed by atoms with van der Waals surface area (Å²) in [6.45, 7) is 9.63. The summed E-state index contributed by atoms with van der Waals surface area (Å²) in [5.41, 5.74) is 0.169. The Morgan fingerprint density at radius 2 is 2.25 bits per heavy atom. The van der Waals surface area contributed by atoms with Crippen LogP contribution < -0.4 is 5.32 Å². The number of nitrogens with one attached hydrogen (secondary N) is 1. The molecule has 1 spiro atoms. The fourth-order valence-corrected chi connectivity index (χ4v) is 1.97. The zero-order valence-corrected chi connectivity index (χ0v) is 7.97. The van der Waals surface area contributed by atoms with Crippen LogP contribution in [-0.2, 0) is 4.74 Å². The third-order valence-electron chi connectivity index (χ3n) is 2.85. The van der Waals surface area contributed by atoms with Gasteiger partial charge in [-0.25, -0.2) is 0 Å². The number of hydrogen-bond donors (Lipinski definition) is 1. The molecule has 0 radical (unpaired) electrons. The molecule has 0 atom stereocenters. The second kappa shape index (κ2) is 2.98. The van der Waals surface area contributed by atoms with Gasteiger partial charge >= 0.3 is 0 Å². The predicted molar refractivity (Wildman–Crippen MR) is 50.4 cm³/mol. The van der Waals surface area contributed by atoms with E-state index in [1.165, 1.54) is 0 Å². The maximum Gasteiger partial charge on any atom is 0.106 e. The summed E-state index contributed by atoms with van der Waals surface area (Å²) in [5, 5.41) is 3.39. The predicted octanol–water partition coefficient (Wildman–Crippen LogP) is 0.315. The second-order valence-corrected chi connectivity index (χ2v) is 4.21. The van der Waals surface area contributed by atoms with Gasteiger partial charge in [0.1, 0.15) is 5.60 Å². The number of likely N-dealkylation sites (tertiary alicyclic amines) is 1. The van der Waals surface area contributed by atoms with E-state index in [9.17, 15) is 0 Å². The average Bonchev–Trinajstić information content (AvgIpc) is 2.01. The van der Waals surface area contributed by atoms with Gasteiger partial charge in [0, 0.05) is 33.6 Å². The molecule has 2 fully saturated rings. The van der Waals surface area contributed by atoms with Crippen LogP contribution in [0.3, 0.4) is 0 Å². The van der Waals surface area contributed by atoms with E-state index in [4.69, 9.17) is 4.74 Å². The highest BCUT2D eigenvalue weighted by atomic mass is 16.5. The Morgan fingerprint density at radius 1 is 1.50 bits per heavy atom. The SMILES string of the molecule is CC(C)N1CC2(CNCCO2)C1.[HH]. The Labute approximate surface area is 75.6 Å². The van der Waals surface area contributed by atoms with Crippen molar-refractivity contribution < 1.29 is 6.16 Å². The smallest absolute Gasteiger partial charge is 0.106 e. The lowest BCUT2D eigenvalue weighted by atomic mass is 9.91. The molecule has 3 nitrogen and oxygen atoms in total. The molecule has 0 aromatic heterocycles. The lowest BCUT2D eigenvalue weighted by Gasteiger charge is -2.53. The van der Waals surface area contributed by atoms with Crippen molar-refractivity contribution in [3.05, 3.63) is 0 Å². The summed E-state index contributed by atoms with van der Waals surface area (Å²) in [6.07, 6.45) is 0. The van der Waals surface area contributed by atoms with E-state index in [2.05, 4.69) is 24.1 Å². The first kappa shape index (κ1) is 8.48. The molecule has 1 N–H and O–H groups in total. The van der Waals surface area contributed by atoms with Crippen molar-refractivity contribution in [2.24, 2.45) is 0 Å². The zero-order valence-electron chi connectivity index (χ0n) is 7.97. The van der Waals surface area contributed by atoms with Gasteiger partial charge in [0.2, 0.25) is 0 Å². The van der Waals surface area contributed by atoms with Crippen molar-refractivity contribution in [3.8, 4) is 0 Å². The van der Waals surface area contributed by atoms with Gasteiger partial charge in [-0.2, -0.15) is 0 Å². The third kappa shape index (κ3) is 1.37. The van der Waals surface area contributed by atoms with Crippen LogP contribution in [-0.4, -0.2) is 49.3 Å². The maximum atomic E-state index is 5.78. The number of ether oxygens (including phenoxy) is 1. The van der Waals surface area contributed by atoms with Crippen LogP contribution in [0.15, 0.2) is 0 Å². The topological polar surface area (TPSA) is 24.5 Å². The molecule has 2 aliphatic heterocycles. The quantitative estimate of drug-likeness (QED) is 0.616. The standard InChI is InChI=1S/C9H18N2O.H2/c1-8(2)11-6-9(7-11)5-10-3-4-12-9;/h8,10H,3-7H2,1-2H3;1H. The van der Waals surface area contributed by atoms with Gasteiger partial charge in [-0.05, 0) is 13.8 Å². The monoisotopic (exact) mass is 172 g/mol. The fourth-order valence-electron chi connectivity index (χ4n) is 1.97. The molecule has 2 rings (SSSR count). The third-order valence-corrected chi connectivity index (χ3v) is 2.85. The molecule has 12 heavy (non-hydrogen) atoms. The zero-order chi connectivity index (χ0) is 8.60. The van der Waals surface area contributed by atoms with Crippen LogP contribution in [0.5, 0.6) is 0 Å². The van der Waals surface area contributed by atoms with Crippen molar-refractivity contribution in [3.63, 3.8) is 0 Å². The summed E-state index contributed by atoms with van der Waals surface area (Å²) in [7, 11) is 0. The van der Waals surface area contributed by atoms with Gasteiger partial charge < -0.3 is 10.1 Å². The Morgan fingerprint density at radius 3 is 2.75 bits per heavy atom. The molecule has 2 heterocycles. The minimum absolute atomic E-state index is 0. The molecule has 0 aromatic carbocycles. The number of morpholine rings is 1. The molecule has 2 saturated heterocycles. The van der Waals surface area contributed by atoms with E-state index in [1.807, 2.05) is 0 Å². The van der Waals surface area contributed by atoms with Gasteiger partial charge in [0.15, 0.2) is 0 Å². The van der Waals surface area contributed by atoms with Crippen molar-refractivity contribution in [1.82, 2.24) is 10.2 Å². The number of nitrogens with zero attached hydrogens (tertiary/aromatic N) is 1. The Kier molecular flexibility index (Phi) is 2.10. The lowest BCUT2D eigenvalue weighted by Crippen LogP contribution is -2.70. The Balaban J connectivity index is 0.000000845. The molecule has 0 unspecified atom stereocenters. The number of rotatable bonds is 1. The Bertz CT molecular complexity index is 161. The van der Waals surface area contributed by atoms with Gasteiger partial charge in [-0.15, -0.1) is 0 Å². The summed E-state index contributed by atoms with van der Waals surface area (Å²) in [6, 6.07) is 0.668. The van der Waals surface area contributed by atoms with Crippen molar-refractivity contribution in [2.75, 3.05) is 32.8 Å². The molecule has 3 heteroatoms. The minimum Gasteiger partial charge on any atom is -0.370 e. The van der Waals surface area contributed by atoms with Gasteiger partial charge in [0.05, 0.1) is 6.61 Å². The molecular weight excluding hydrogens is 152 g/mol. The largest absolute Gasteiger partial charge is 0.370 e. The number of hydrogen-bond acceptors (Lipinski definition) is 3. The van der Waals surface area contributed by atoms with Crippen molar-refractivity contribution in [1.29, 1.82) is 0 Å². The maximum absolute atomic E-state index is 5.78. The molecule has 2 aliphatic rings. The first-order chi connectivity index (χ1) is 5.72. The van der Waals surface area contributed by atoms with Crippen LogP contribution in [0.4, 0.5) is 0 Å². The van der Waals surface area contributed by atoms with Gasteiger partial charge in [0.25, 0.3) is 0 Å². The highest BCUT2D eigenvalue weighted by molar-refractivity contribution is 5.01. The normalized spacial score (nSPS) is 29.2. The van der Waals surface area contributed by atoms with E-state index in [0.717, 1.165) is 32.8 Å². The van der Waals surface area contributed by atoms with Gasteiger partial charge in [-0.3, -0.25) is 4.90 Å². The van der Waals surface area contributed by atoms with Crippen molar-refractivity contribution >= 4 is 0 Å². The summed E-state index contributed by atoms with van der Waals surface area (Å²) in [5.74, 6) is 0.